The monoisotopic (exact) mass is 1150 g/mol. The maximum atomic E-state index is 12.7. The highest BCUT2D eigenvalue weighted by Crippen LogP contribution is 2.39. The van der Waals surface area contributed by atoms with Crippen LogP contribution < -0.4 is 11.4 Å². The standard InChI is InChI=1S/C16H12F3NOS.C15H16BF3O3.C7H8BrNS.C3HBr2NS.C3H7N/c17-16(18,19)11-4-3-10-6-14(21-13(10)7-11)12-8-22-15(20-12)5-9-1-2-9;1-13(2)14(3,4)22-16(21-13)12-7-9-5-6-10(15(17,18)19)8-11(9)20-12;8-6-4-10-7(9-6)3-5-1-2-5;4-2-1-7-3(5)6-2;4-3-1-2-3/h3-4,6-9H,1-2,5H2;5-8H,1-4H3;4-5H,1-3H2;1H;3H,1-2,4H2. The van der Waals surface area contributed by atoms with Crippen LogP contribution in [-0.2, 0) is 34.5 Å². The summed E-state index contributed by atoms with van der Waals surface area (Å²) in [4.78, 5) is 12.8. The highest BCUT2D eigenvalue weighted by atomic mass is 79.9. The minimum atomic E-state index is -4.40. The molecule has 8 nitrogen and oxygen atoms in total. The van der Waals surface area contributed by atoms with Crippen LogP contribution in [0.15, 0.2) is 86.6 Å². The maximum Gasteiger partial charge on any atom is 0.532 e. The molecular weight excluding hydrogens is 1110 g/mol. The maximum absolute atomic E-state index is 12.7. The Balaban J connectivity index is 0.000000135. The van der Waals surface area contributed by atoms with Gasteiger partial charge in [-0.2, -0.15) is 26.3 Å². The predicted molar refractivity (Wildman–Crippen MR) is 257 cm³/mol. The molecule has 0 bridgehead atoms. The summed E-state index contributed by atoms with van der Waals surface area (Å²) in [7, 11) is -0.730. The molecule has 0 spiro atoms. The van der Waals surface area contributed by atoms with E-state index in [1.165, 1.54) is 62.1 Å². The van der Waals surface area contributed by atoms with Crippen molar-refractivity contribution in [3.63, 3.8) is 0 Å². The Bertz CT molecular complexity index is 2650. The molecule has 4 aliphatic rings. The number of furan rings is 2. The number of rotatable bonds is 6. The lowest BCUT2D eigenvalue weighted by molar-refractivity contribution is -0.138. The van der Waals surface area contributed by atoms with Crippen molar-refractivity contribution in [2.24, 2.45) is 17.6 Å². The largest absolute Gasteiger partial charge is 0.532 e. The second kappa shape index (κ2) is 20.5. The van der Waals surface area contributed by atoms with Crippen LogP contribution in [0.4, 0.5) is 26.3 Å². The van der Waals surface area contributed by atoms with E-state index in [0.717, 1.165) is 60.7 Å². The second-order valence-corrected chi connectivity index (χ2v) is 22.7. The summed E-state index contributed by atoms with van der Waals surface area (Å²) >= 11 is 14.7. The van der Waals surface area contributed by atoms with Gasteiger partial charge in [-0.05, 0) is 162 Å². The number of aromatic nitrogens is 3. The van der Waals surface area contributed by atoms with Gasteiger partial charge in [0.15, 0.2) is 9.68 Å². The number of fused-ring (bicyclic) bond motifs is 2. The van der Waals surface area contributed by atoms with Crippen LogP contribution in [0, 0.1) is 11.8 Å². The minimum Gasteiger partial charge on any atom is -0.465 e. The molecule has 0 radical (unpaired) electrons. The van der Waals surface area contributed by atoms with Crippen molar-refractivity contribution >= 4 is 117 Å². The normalized spacial score (nSPS) is 17.7. The van der Waals surface area contributed by atoms with E-state index in [2.05, 4.69) is 68.1 Å². The molecule has 7 aromatic rings. The zero-order chi connectivity index (χ0) is 46.9. The van der Waals surface area contributed by atoms with Crippen LogP contribution in [0.5, 0.6) is 0 Å². The molecule has 1 saturated heterocycles. The van der Waals surface area contributed by atoms with Crippen molar-refractivity contribution in [1.82, 2.24) is 15.0 Å². The molecule has 3 saturated carbocycles. The summed E-state index contributed by atoms with van der Waals surface area (Å²) in [6.45, 7) is 7.60. The topological polar surface area (TPSA) is 109 Å². The highest BCUT2D eigenvalue weighted by molar-refractivity contribution is 9.11. The van der Waals surface area contributed by atoms with Crippen molar-refractivity contribution < 1.29 is 44.5 Å². The summed E-state index contributed by atoms with van der Waals surface area (Å²) in [6.07, 6.45) is 1.32. The first-order valence-corrected chi connectivity index (χ1v) is 25.7. The summed E-state index contributed by atoms with van der Waals surface area (Å²) in [5.41, 5.74) is 4.18. The molecule has 1 aliphatic heterocycles. The number of hydrogen-bond acceptors (Lipinski definition) is 11. The number of halogens is 9. The summed E-state index contributed by atoms with van der Waals surface area (Å²) in [5.74, 6) is 2.23. The molecule has 2 aromatic carbocycles. The molecule has 2 N–H and O–H groups in total. The number of alkyl halides is 6. The number of benzene rings is 2. The highest BCUT2D eigenvalue weighted by Gasteiger charge is 2.53. The average molecular weight is 1150 g/mol. The van der Waals surface area contributed by atoms with E-state index >= 15 is 0 Å². The molecule has 348 valence electrons. The van der Waals surface area contributed by atoms with E-state index in [1.54, 1.807) is 46.1 Å². The molecule has 4 fully saturated rings. The summed E-state index contributed by atoms with van der Waals surface area (Å²) in [6, 6.07) is 10.9. The Kier molecular flexibility index (Phi) is 15.9. The van der Waals surface area contributed by atoms with Crippen molar-refractivity contribution in [3.05, 3.63) is 98.9 Å². The molecule has 0 unspecified atom stereocenters. The number of hydrogen-bond donors (Lipinski definition) is 1. The second-order valence-electron chi connectivity index (χ2n) is 17.1. The van der Waals surface area contributed by atoms with E-state index in [9.17, 15) is 26.3 Å². The van der Waals surface area contributed by atoms with Gasteiger partial charge in [-0.3, -0.25) is 0 Å². The van der Waals surface area contributed by atoms with Gasteiger partial charge in [0, 0.05) is 45.8 Å². The third-order valence-corrected chi connectivity index (χ3v) is 15.4. The zero-order valence-electron chi connectivity index (χ0n) is 35.5. The Morgan fingerprint density at radius 1 is 0.646 bits per heavy atom. The molecule has 6 heterocycles. The van der Waals surface area contributed by atoms with Gasteiger partial charge in [0.05, 0.1) is 32.3 Å². The third kappa shape index (κ3) is 14.4. The molecule has 0 atom stereocenters. The van der Waals surface area contributed by atoms with Gasteiger partial charge in [0.1, 0.15) is 31.7 Å². The number of nitrogens with two attached hydrogens (primary N) is 1. The zero-order valence-corrected chi connectivity index (χ0v) is 42.7. The van der Waals surface area contributed by atoms with Gasteiger partial charge >= 0.3 is 19.5 Å². The lowest BCUT2D eigenvalue weighted by Crippen LogP contribution is -2.41. The fourth-order valence-electron chi connectivity index (χ4n) is 6.01. The molecule has 0 amide bonds. The number of thiazole rings is 3. The lowest BCUT2D eigenvalue weighted by atomic mass is 9.86. The Morgan fingerprint density at radius 3 is 1.55 bits per heavy atom. The van der Waals surface area contributed by atoms with Crippen LogP contribution in [0.3, 0.4) is 0 Å². The smallest absolute Gasteiger partial charge is 0.465 e. The molecule has 3 aliphatic carbocycles. The lowest BCUT2D eigenvalue weighted by Gasteiger charge is -2.32. The van der Waals surface area contributed by atoms with Gasteiger partial charge < -0.3 is 23.9 Å². The number of nitrogens with zero attached hydrogens (tertiary/aromatic N) is 3. The quantitative estimate of drug-likeness (QED) is 0.130. The molecule has 65 heavy (non-hydrogen) atoms. The summed E-state index contributed by atoms with van der Waals surface area (Å²) < 4.78 is 102. The first-order chi connectivity index (χ1) is 30.5. The van der Waals surface area contributed by atoms with E-state index in [4.69, 9.17) is 23.9 Å². The minimum absolute atomic E-state index is 0.166. The van der Waals surface area contributed by atoms with Crippen LogP contribution in [0.25, 0.3) is 33.4 Å². The Morgan fingerprint density at radius 2 is 1.12 bits per heavy atom. The first kappa shape index (κ1) is 50.3. The van der Waals surface area contributed by atoms with Crippen LogP contribution in [0.1, 0.15) is 87.4 Å². The third-order valence-electron chi connectivity index (χ3n) is 10.9. The average Bonchev–Trinajstić information content (AvgIpc) is 4.13. The van der Waals surface area contributed by atoms with Crippen molar-refractivity contribution in [2.75, 3.05) is 0 Å². The van der Waals surface area contributed by atoms with Crippen LogP contribution >= 0.6 is 81.8 Å². The summed E-state index contributed by atoms with van der Waals surface area (Å²) in [5, 5.41) is 9.46. The van der Waals surface area contributed by atoms with Crippen molar-refractivity contribution in [3.8, 4) is 11.5 Å². The van der Waals surface area contributed by atoms with Crippen molar-refractivity contribution in [1.29, 1.82) is 0 Å². The fourth-order valence-corrected chi connectivity index (χ4v) is 9.97. The predicted octanol–water partition coefficient (Wildman–Crippen LogP) is 14.9. The molecule has 11 rings (SSSR count). The fraction of sp³-hybridized carbons (Fsp3) is 0.432. The SMILES string of the molecule is Brc1csc(Br)n1.Brc1csc(CC2CC2)n1.CC1(C)OB(c2cc3ccc(C(F)(F)F)cc3o2)OC1(C)C.FC(F)(F)c1ccc2cc(-c3csc(CC4CC4)n3)oc2c1.NC1CC1. The van der Waals surface area contributed by atoms with E-state index in [1.807, 2.05) is 38.5 Å². The van der Waals surface area contributed by atoms with Gasteiger partial charge in [-0.1, -0.05) is 12.1 Å². The molecular formula is C44H44BBr3F6N4O4S3. The Labute approximate surface area is 409 Å². The van der Waals surface area contributed by atoms with E-state index in [-0.39, 0.29) is 11.2 Å². The molecule has 5 aromatic heterocycles. The van der Waals surface area contributed by atoms with Gasteiger partial charge in [-0.25, -0.2) is 15.0 Å². The van der Waals surface area contributed by atoms with Gasteiger partial charge in [0.2, 0.25) is 0 Å². The Hall–Kier alpha value is -2.63. The van der Waals surface area contributed by atoms with E-state index in [0.29, 0.717) is 33.9 Å². The first-order valence-electron chi connectivity index (χ1n) is 20.7. The molecule has 21 heteroatoms. The van der Waals surface area contributed by atoms with Crippen molar-refractivity contribution in [2.45, 2.75) is 109 Å². The van der Waals surface area contributed by atoms with Crippen LogP contribution in [0.2, 0.25) is 0 Å². The van der Waals surface area contributed by atoms with Crippen LogP contribution in [-0.4, -0.2) is 39.3 Å². The van der Waals surface area contributed by atoms with Gasteiger partial charge in [0.25, 0.3) is 0 Å². The van der Waals surface area contributed by atoms with E-state index < -0.39 is 41.8 Å². The van der Waals surface area contributed by atoms with Gasteiger partial charge in [-0.15, -0.1) is 34.0 Å².